The summed E-state index contributed by atoms with van der Waals surface area (Å²) in [5, 5.41) is 4.51. The van der Waals surface area contributed by atoms with Gasteiger partial charge < -0.3 is 10.1 Å². The molecule has 4 aromatic rings. The molecule has 0 unspecified atom stereocenters. The molecule has 0 aliphatic carbocycles. The van der Waals surface area contributed by atoms with E-state index in [0.29, 0.717) is 16.6 Å². The molecule has 4 nitrogen and oxygen atoms in total. The molecule has 1 heterocycles. The number of rotatable bonds is 5. The van der Waals surface area contributed by atoms with Gasteiger partial charge in [0.05, 0.1) is 10.5 Å². The van der Waals surface area contributed by atoms with Crippen LogP contribution in [0.4, 0.5) is 15.9 Å². The Morgan fingerprint density at radius 3 is 2.76 bits per heavy atom. The lowest BCUT2D eigenvalue weighted by atomic mass is 10.1. The maximum absolute atomic E-state index is 13.3. The minimum absolute atomic E-state index is 0.221. The molecule has 1 N–H and O–H groups in total. The van der Waals surface area contributed by atoms with Gasteiger partial charge in [-0.1, -0.05) is 29.7 Å². The van der Waals surface area contributed by atoms with Gasteiger partial charge in [-0.25, -0.2) is 14.4 Å². The highest BCUT2D eigenvalue weighted by molar-refractivity contribution is 6.32. The minimum atomic E-state index is -0.303. The van der Waals surface area contributed by atoms with Crippen molar-refractivity contribution >= 4 is 34.0 Å². The van der Waals surface area contributed by atoms with E-state index >= 15 is 0 Å². The van der Waals surface area contributed by atoms with Crippen LogP contribution in [0.15, 0.2) is 67.0 Å². The molecular weight excluding hydrogens is 389 g/mol. The molecule has 0 saturated heterocycles. The number of fused-ring (bicyclic) bond motifs is 1. The number of benzene rings is 3. The van der Waals surface area contributed by atoms with E-state index in [1.54, 1.807) is 24.3 Å². The van der Waals surface area contributed by atoms with E-state index in [1.807, 2.05) is 24.3 Å². The van der Waals surface area contributed by atoms with Crippen molar-refractivity contribution in [3.8, 4) is 18.1 Å². The van der Waals surface area contributed by atoms with Crippen LogP contribution in [-0.2, 0) is 6.61 Å². The van der Waals surface area contributed by atoms with Gasteiger partial charge >= 0.3 is 0 Å². The predicted molar refractivity (Wildman–Crippen MR) is 113 cm³/mol. The number of nitrogens with zero attached hydrogens (tertiary/aromatic N) is 2. The fourth-order valence-electron chi connectivity index (χ4n) is 2.87. The second-order valence-corrected chi connectivity index (χ2v) is 6.69. The third-order valence-corrected chi connectivity index (χ3v) is 4.58. The Labute approximate surface area is 172 Å². The summed E-state index contributed by atoms with van der Waals surface area (Å²) in [4.78, 5) is 8.57. The predicted octanol–water partition coefficient (Wildman–Crippen LogP) is 5.73. The van der Waals surface area contributed by atoms with E-state index in [-0.39, 0.29) is 12.4 Å². The molecule has 0 aliphatic heterocycles. The lowest BCUT2D eigenvalue weighted by Crippen LogP contribution is -1.98. The highest BCUT2D eigenvalue weighted by atomic mass is 35.5. The van der Waals surface area contributed by atoms with Crippen LogP contribution in [-0.4, -0.2) is 9.97 Å². The normalized spacial score (nSPS) is 10.5. The van der Waals surface area contributed by atoms with Crippen molar-refractivity contribution in [1.82, 2.24) is 9.97 Å². The number of aromatic nitrogens is 2. The van der Waals surface area contributed by atoms with Crippen molar-refractivity contribution in [3.05, 3.63) is 89.0 Å². The quantitative estimate of drug-likeness (QED) is 0.432. The second-order valence-electron chi connectivity index (χ2n) is 6.29. The molecule has 1 aromatic heterocycles. The number of anilines is 2. The van der Waals surface area contributed by atoms with Crippen LogP contribution in [0.5, 0.6) is 5.75 Å². The van der Waals surface area contributed by atoms with Gasteiger partial charge in [0.1, 0.15) is 30.3 Å². The van der Waals surface area contributed by atoms with E-state index in [1.165, 1.54) is 18.5 Å². The summed E-state index contributed by atoms with van der Waals surface area (Å²) < 4.78 is 19.0. The van der Waals surface area contributed by atoms with Crippen LogP contribution in [0.1, 0.15) is 11.1 Å². The van der Waals surface area contributed by atoms with Crippen molar-refractivity contribution < 1.29 is 9.13 Å². The molecule has 0 atom stereocenters. The smallest absolute Gasteiger partial charge is 0.141 e. The maximum atomic E-state index is 13.3. The van der Waals surface area contributed by atoms with Crippen molar-refractivity contribution in [2.24, 2.45) is 0 Å². The first kappa shape index (κ1) is 18.7. The van der Waals surface area contributed by atoms with E-state index in [0.717, 1.165) is 27.7 Å². The summed E-state index contributed by atoms with van der Waals surface area (Å²) in [6.45, 7) is 0.221. The van der Waals surface area contributed by atoms with E-state index in [4.69, 9.17) is 22.8 Å². The average molecular weight is 404 g/mol. The molecule has 29 heavy (non-hydrogen) atoms. The Hall–Kier alpha value is -3.62. The summed E-state index contributed by atoms with van der Waals surface area (Å²) in [5.41, 5.74) is 2.97. The zero-order valence-corrected chi connectivity index (χ0v) is 15.9. The molecule has 0 bridgehead atoms. The number of halogens is 2. The van der Waals surface area contributed by atoms with Gasteiger partial charge in [-0.05, 0) is 54.1 Å². The molecule has 0 aliphatic rings. The molecule has 0 saturated carbocycles. The zero-order valence-electron chi connectivity index (χ0n) is 15.2. The van der Waals surface area contributed by atoms with E-state index in [2.05, 4.69) is 21.2 Å². The Kier molecular flexibility index (Phi) is 5.28. The largest absolute Gasteiger partial charge is 0.487 e. The summed E-state index contributed by atoms with van der Waals surface area (Å²) in [7, 11) is 0. The lowest BCUT2D eigenvalue weighted by molar-refractivity contribution is 0.306. The Bertz CT molecular complexity index is 1240. The van der Waals surface area contributed by atoms with Gasteiger partial charge in [0.15, 0.2) is 0 Å². The van der Waals surface area contributed by atoms with Crippen LogP contribution in [0, 0.1) is 18.2 Å². The topological polar surface area (TPSA) is 47.0 Å². The number of terminal acetylenes is 1. The molecule has 0 radical (unpaired) electrons. The summed E-state index contributed by atoms with van der Waals surface area (Å²) in [6, 6.07) is 17.1. The van der Waals surface area contributed by atoms with Crippen LogP contribution >= 0.6 is 11.6 Å². The van der Waals surface area contributed by atoms with Crippen LogP contribution < -0.4 is 10.1 Å². The molecular formula is C23H15ClFN3O. The van der Waals surface area contributed by atoms with E-state index in [9.17, 15) is 4.39 Å². The summed E-state index contributed by atoms with van der Waals surface area (Å²) in [6.07, 6.45) is 6.92. The standard InChI is InChI=1S/C23H15ClFN3O/c1-2-15-6-8-19-21(11-15)26-14-27-23(19)28-18-7-9-22(20(24)12-18)29-13-16-4-3-5-17(25)10-16/h1,3-12,14H,13H2,(H,26,27,28). The molecule has 4 rings (SSSR count). The van der Waals surface area contributed by atoms with Gasteiger partial charge in [-0.15, -0.1) is 6.42 Å². The third kappa shape index (κ3) is 4.29. The second kappa shape index (κ2) is 8.17. The molecule has 0 fully saturated rings. The van der Waals surface area contributed by atoms with Crippen molar-refractivity contribution in [1.29, 1.82) is 0 Å². The number of hydrogen-bond donors (Lipinski definition) is 1. The van der Waals surface area contributed by atoms with Crippen molar-refractivity contribution in [2.45, 2.75) is 6.61 Å². The lowest BCUT2D eigenvalue weighted by Gasteiger charge is -2.12. The monoisotopic (exact) mass is 403 g/mol. The van der Waals surface area contributed by atoms with Crippen LogP contribution in [0.2, 0.25) is 5.02 Å². The van der Waals surface area contributed by atoms with Gasteiger partial charge in [0.2, 0.25) is 0 Å². The Balaban J connectivity index is 1.53. The molecule has 3 aromatic carbocycles. The molecule has 0 spiro atoms. The number of hydrogen-bond acceptors (Lipinski definition) is 4. The average Bonchev–Trinajstić information content (AvgIpc) is 2.73. The van der Waals surface area contributed by atoms with Crippen LogP contribution in [0.25, 0.3) is 10.9 Å². The number of nitrogens with one attached hydrogen (secondary N) is 1. The van der Waals surface area contributed by atoms with Crippen molar-refractivity contribution in [3.63, 3.8) is 0 Å². The Morgan fingerprint density at radius 1 is 1.07 bits per heavy atom. The fraction of sp³-hybridized carbons (Fsp3) is 0.0435. The first-order valence-corrected chi connectivity index (χ1v) is 9.15. The summed E-state index contributed by atoms with van der Waals surface area (Å²) in [5.74, 6) is 3.44. The zero-order chi connectivity index (χ0) is 20.2. The first-order chi connectivity index (χ1) is 14.1. The molecule has 142 valence electrons. The van der Waals surface area contributed by atoms with E-state index < -0.39 is 0 Å². The van der Waals surface area contributed by atoms with Gasteiger partial charge in [-0.2, -0.15) is 0 Å². The highest BCUT2D eigenvalue weighted by Gasteiger charge is 2.08. The SMILES string of the molecule is C#Cc1ccc2c(Nc3ccc(OCc4cccc(F)c4)c(Cl)c3)ncnc2c1. The first-order valence-electron chi connectivity index (χ1n) is 8.77. The van der Waals surface area contributed by atoms with Crippen LogP contribution in [0.3, 0.4) is 0 Å². The summed E-state index contributed by atoms with van der Waals surface area (Å²) >= 11 is 6.36. The Morgan fingerprint density at radius 2 is 1.97 bits per heavy atom. The third-order valence-electron chi connectivity index (χ3n) is 4.28. The number of ether oxygens (including phenoxy) is 1. The highest BCUT2D eigenvalue weighted by Crippen LogP contribution is 2.31. The minimum Gasteiger partial charge on any atom is -0.487 e. The maximum Gasteiger partial charge on any atom is 0.141 e. The van der Waals surface area contributed by atoms with Gasteiger partial charge in [-0.3, -0.25) is 0 Å². The molecule has 6 heteroatoms. The van der Waals surface area contributed by atoms with Gasteiger partial charge in [0, 0.05) is 16.6 Å². The van der Waals surface area contributed by atoms with Gasteiger partial charge in [0.25, 0.3) is 0 Å². The fourth-order valence-corrected chi connectivity index (χ4v) is 3.10. The van der Waals surface area contributed by atoms with Crippen molar-refractivity contribution in [2.75, 3.05) is 5.32 Å². The molecule has 0 amide bonds.